The van der Waals surface area contributed by atoms with Gasteiger partial charge in [-0.2, -0.15) is 0 Å². The fourth-order valence-electron chi connectivity index (χ4n) is 2.02. The summed E-state index contributed by atoms with van der Waals surface area (Å²) in [6.45, 7) is 1.03. The molecule has 0 atom stereocenters. The molecular weight excluding hydrogens is 281 g/mol. The Morgan fingerprint density at radius 2 is 1.95 bits per heavy atom. The number of aliphatic imine (C=N–C) groups is 1. The molecule has 0 aliphatic carbocycles. The molecule has 0 radical (unpaired) electrons. The van der Waals surface area contributed by atoms with E-state index in [-0.39, 0.29) is 5.75 Å². The second-order valence-corrected chi connectivity index (χ2v) is 4.83. The van der Waals surface area contributed by atoms with Gasteiger partial charge in [-0.05, 0) is 29.7 Å². The van der Waals surface area contributed by atoms with Crippen LogP contribution in [-0.4, -0.2) is 19.6 Å². The zero-order valence-electron chi connectivity index (χ0n) is 12.6. The quantitative estimate of drug-likeness (QED) is 0.636. The highest BCUT2D eigenvalue weighted by molar-refractivity contribution is 5.77. The van der Waals surface area contributed by atoms with E-state index >= 15 is 0 Å². The minimum atomic E-state index is -0.397. The molecule has 2 aromatic rings. The summed E-state index contributed by atoms with van der Waals surface area (Å²) < 4.78 is 18.4. The zero-order valence-corrected chi connectivity index (χ0v) is 12.6. The molecule has 2 rings (SSSR count). The Bertz CT molecular complexity index is 629. The van der Waals surface area contributed by atoms with Crippen LogP contribution in [0, 0.1) is 5.82 Å². The van der Waals surface area contributed by atoms with Gasteiger partial charge in [0.15, 0.2) is 17.5 Å². The summed E-state index contributed by atoms with van der Waals surface area (Å²) >= 11 is 0. The third kappa shape index (κ3) is 4.77. The molecule has 116 valence electrons. The molecule has 0 aliphatic heterocycles. The number of nitrogens with zero attached hydrogens (tertiary/aromatic N) is 1. The molecular formula is C17H20FN3O. The molecule has 0 spiro atoms. The Morgan fingerprint density at radius 3 is 2.64 bits per heavy atom. The van der Waals surface area contributed by atoms with E-state index in [2.05, 4.69) is 22.4 Å². The molecule has 2 aromatic carbocycles. The largest absolute Gasteiger partial charge is 0.494 e. The van der Waals surface area contributed by atoms with Crippen molar-refractivity contribution in [3.05, 3.63) is 65.5 Å². The maximum Gasteiger partial charge on any atom is 0.188 e. The van der Waals surface area contributed by atoms with Crippen molar-refractivity contribution in [2.24, 2.45) is 10.7 Å². The van der Waals surface area contributed by atoms with Crippen molar-refractivity contribution in [1.82, 2.24) is 5.32 Å². The van der Waals surface area contributed by atoms with Crippen LogP contribution in [0.5, 0.6) is 5.75 Å². The molecule has 0 saturated carbocycles. The summed E-state index contributed by atoms with van der Waals surface area (Å²) in [5.41, 5.74) is 7.78. The molecule has 4 nitrogen and oxygen atoms in total. The number of halogens is 1. The van der Waals surface area contributed by atoms with Gasteiger partial charge in [0.25, 0.3) is 0 Å². The van der Waals surface area contributed by atoms with Crippen molar-refractivity contribution < 1.29 is 9.13 Å². The summed E-state index contributed by atoms with van der Waals surface area (Å²) in [4.78, 5) is 4.20. The van der Waals surface area contributed by atoms with Crippen LogP contribution >= 0.6 is 0 Å². The molecule has 0 amide bonds. The lowest BCUT2D eigenvalue weighted by atomic mass is 10.1. The Balaban J connectivity index is 1.81. The first kappa shape index (κ1) is 15.8. The van der Waals surface area contributed by atoms with Gasteiger partial charge in [0.05, 0.1) is 13.7 Å². The average Bonchev–Trinajstić information content (AvgIpc) is 2.54. The average molecular weight is 301 g/mol. The van der Waals surface area contributed by atoms with Gasteiger partial charge in [-0.25, -0.2) is 9.38 Å². The van der Waals surface area contributed by atoms with Crippen LogP contribution in [0.2, 0.25) is 0 Å². The van der Waals surface area contributed by atoms with Crippen LogP contribution in [0.3, 0.4) is 0 Å². The van der Waals surface area contributed by atoms with Crippen molar-refractivity contribution in [1.29, 1.82) is 0 Å². The molecule has 0 aromatic heterocycles. The first-order valence-corrected chi connectivity index (χ1v) is 7.09. The number of rotatable bonds is 6. The molecule has 0 heterocycles. The van der Waals surface area contributed by atoms with Crippen molar-refractivity contribution in [3.63, 3.8) is 0 Å². The van der Waals surface area contributed by atoms with Crippen LogP contribution < -0.4 is 15.8 Å². The third-order valence-corrected chi connectivity index (χ3v) is 3.21. The van der Waals surface area contributed by atoms with E-state index in [0.717, 1.165) is 12.0 Å². The number of guanidine groups is 1. The Morgan fingerprint density at radius 1 is 1.18 bits per heavy atom. The van der Waals surface area contributed by atoms with E-state index < -0.39 is 5.82 Å². The smallest absolute Gasteiger partial charge is 0.188 e. The first-order valence-electron chi connectivity index (χ1n) is 7.09. The zero-order chi connectivity index (χ0) is 15.8. The molecule has 0 saturated heterocycles. The Hall–Kier alpha value is -2.56. The molecule has 22 heavy (non-hydrogen) atoms. The normalized spacial score (nSPS) is 11.3. The Labute approximate surface area is 129 Å². The van der Waals surface area contributed by atoms with Gasteiger partial charge in [0.2, 0.25) is 0 Å². The van der Waals surface area contributed by atoms with Gasteiger partial charge in [-0.1, -0.05) is 36.4 Å². The minimum Gasteiger partial charge on any atom is -0.494 e. The van der Waals surface area contributed by atoms with Crippen LogP contribution in [0.15, 0.2) is 53.5 Å². The number of nitrogens with one attached hydrogen (secondary N) is 1. The van der Waals surface area contributed by atoms with Crippen molar-refractivity contribution >= 4 is 5.96 Å². The lowest BCUT2D eigenvalue weighted by Crippen LogP contribution is -2.33. The van der Waals surface area contributed by atoms with Gasteiger partial charge < -0.3 is 15.8 Å². The van der Waals surface area contributed by atoms with Gasteiger partial charge in [-0.15, -0.1) is 0 Å². The minimum absolute atomic E-state index is 0.224. The Kier molecular flexibility index (Phi) is 5.77. The standard InChI is InChI=1S/C17H20FN3O/c1-22-16-8-7-14(11-15(16)18)12-21-17(19)20-10-9-13-5-3-2-4-6-13/h2-8,11H,9-10,12H2,1H3,(H3,19,20,21). The van der Waals surface area contributed by atoms with Gasteiger partial charge in [0, 0.05) is 6.54 Å². The van der Waals surface area contributed by atoms with Gasteiger partial charge in [0.1, 0.15) is 0 Å². The fraction of sp³-hybridized carbons (Fsp3) is 0.235. The number of methoxy groups -OCH3 is 1. The SMILES string of the molecule is COc1ccc(CN=C(N)NCCc2ccccc2)cc1F. The van der Waals surface area contributed by atoms with Crippen LogP contribution in [0.1, 0.15) is 11.1 Å². The molecule has 0 unspecified atom stereocenters. The number of hydrogen-bond acceptors (Lipinski definition) is 2. The summed E-state index contributed by atoms with van der Waals surface area (Å²) in [6, 6.07) is 14.9. The van der Waals surface area contributed by atoms with E-state index in [4.69, 9.17) is 10.5 Å². The molecule has 0 bridgehead atoms. The van der Waals surface area contributed by atoms with Crippen molar-refractivity contribution in [2.45, 2.75) is 13.0 Å². The predicted octanol–water partition coefficient (Wildman–Crippen LogP) is 2.48. The predicted molar refractivity (Wildman–Crippen MR) is 86.4 cm³/mol. The molecule has 0 aliphatic rings. The van der Waals surface area contributed by atoms with Crippen LogP contribution in [0.25, 0.3) is 0 Å². The number of nitrogens with two attached hydrogens (primary N) is 1. The fourth-order valence-corrected chi connectivity index (χ4v) is 2.02. The number of hydrogen-bond donors (Lipinski definition) is 2. The molecule has 3 N–H and O–H groups in total. The summed E-state index contributed by atoms with van der Waals surface area (Å²) in [6.07, 6.45) is 0.869. The summed E-state index contributed by atoms with van der Waals surface area (Å²) in [5, 5.41) is 3.05. The van der Waals surface area contributed by atoms with Gasteiger partial charge >= 0.3 is 0 Å². The number of ether oxygens (including phenoxy) is 1. The van der Waals surface area contributed by atoms with Crippen LogP contribution in [-0.2, 0) is 13.0 Å². The van der Waals surface area contributed by atoms with E-state index in [9.17, 15) is 4.39 Å². The molecule has 5 heteroatoms. The highest BCUT2D eigenvalue weighted by Gasteiger charge is 2.03. The lowest BCUT2D eigenvalue weighted by molar-refractivity contribution is 0.386. The summed E-state index contributed by atoms with van der Waals surface area (Å²) in [7, 11) is 1.44. The van der Waals surface area contributed by atoms with E-state index in [1.807, 2.05) is 18.2 Å². The topological polar surface area (TPSA) is 59.6 Å². The summed E-state index contributed by atoms with van der Waals surface area (Å²) in [5.74, 6) is 0.180. The maximum absolute atomic E-state index is 13.5. The second-order valence-electron chi connectivity index (χ2n) is 4.83. The van der Waals surface area contributed by atoms with E-state index in [1.165, 1.54) is 18.7 Å². The van der Waals surface area contributed by atoms with Crippen molar-refractivity contribution in [2.75, 3.05) is 13.7 Å². The van der Waals surface area contributed by atoms with E-state index in [1.54, 1.807) is 12.1 Å². The molecule has 0 fully saturated rings. The van der Waals surface area contributed by atoms with E-state index in [0.29, 0.717) is 19.0 Å². The lowest BCUT2D eigenvalue weighted by Gasteiger charge is -2.06. The third-order valence-electron chi connectivity index (χ3n) is 3.21. The highest BCUT2D eigenvalue weighted by Crippen LogP contribution is 2.17. The maximum atomic E-state index is 13.5. The monoisotopic (exact) mass is 301 g/mol. The number of benzene rings is 2. The first-order chi connectivity index (χ1) is 10.7. The van der Waals surface area contributed by atoms with Crippen molar-refractivity contribution in [3.8, 4) is 5.75 Å². The van der Waals surface area contributed by atoms with Gasteiger partial charge in [-0.3, -0.25) is 0 Å². The van der Waals surface area contributed by atoms with Crippen LogP contribution in [0.4, 0.5) is 4.39 Å². The highest BCUT2D eigenvalue weighted by atomic mass is 19.1. The second kappa shape index (κ2) is 8.02.